The molecule has 4 aliphatic rings. The van der Waals surface area contributed by atoms with Gasteiger partial charge in [0.2, 0.25) is 0 Å². The van der Waals surface area contributed by atoms with E-state index in [-0.39, 0.29) is 23.9 Å². The van der Waals surface area contributed by atoms with E-state index in [0.717, 1.165) is 60.9 Å². The van der Waals surface area contributed by atoms with Gasteiger partial charge in [0, 0.05) is 48.7 Å². The summed E-state index contributed by atoms with van der Waals surface area (Å²) in [6.45, 7) is 3.68. The SMILES string of the molecule is COC(=O)C12C[C@@H]3CC(CCOC(C)=O)C1N(CCc1c2[nH]c2cc(OC)c(OC)cc12)C3. The predicted octanol–water partition coefficient (Wildman–Crippen LogP) is 2.82. The number of ether oxygens (including phenoxy) is 4. The fraction of sp³-hybridized carbons (Fsp3) is 0.600. The molecule has 5 atom stereocenters. The van der Waals surface area contributed by atoms with Crippen LogP contribution in [0.1, 0.15) is 37.4 Å². The van der Waals surface area contributed by atoms with Crippen molar-refractivity contribution in [2.24, 2.45) is 11.8 Å². The molecule has 4 bridgehead atoms. The van der Waals surface area contributed by atoms with Gasteiger partial charge in [-0.1, -0.05) is 0 Å². The highest BCUT2D eigenvalue weighted by atomic mass is 16.5. The molecule has 1 aliphatic carbocycles. The number of hydrogen-bond acceptors (Lipinski definition) is 7. The number of H-pyrrole nitrogens is 1. The minimum atomic E-state index is -0.776. The molecule has 178 valence electrons. The number of esters is 2. The fourth-order valence-electron chi connectivity index (χ4n) is 6.88. The van der Waals surface area contributed by atoms with Gasteiger partial charge in [0.15, 0.2) is 11.5 Å². The number of nitrogens with zero attached hydrogens (tertiary/aromatic N) is 1. The van der Waals surface area contributed by atoms with Gasteiger partial charge in [0.05, 0.1) is 27.9 Å². The summed E-state index contributed by atoms with van der Waals surface area (Å²) in [6.07, 6.45) is 3.38. The summed E-state index contributed by atoms with van der Waals surface area (Å²) >= 11 is 0. The molecule has 0 spiro atoms. The van der Waals surface area contributed by atoms with Crippen LogP contribution in [0, 0.1) is 11.8 Å². The van der Waals surface area contributed by atoms with Crippen LogP contribution in [0.25, 0.3) is 10.9 Å². The van der Waals surface area contributed by atoms with Crippen molar-refractivity contribution in [3.63, 3.8) is 0 Å². The number of benzene rings is 1. The zero-order chi connectivity index (χ0) is 23.3. The third-order valence-electron chi connectivity index (χ3n) is 7.93. The fourth-order valence-corrected chi connectivity index (χ4v) is 6.88. The van der Waals surface area contributed by atoms with Crippen molar-refractivity contribution in [1.82, 2.24) is 9.88 Å². The van der Waals surface area contributed by atoms with Crippen molar-refractivity contribution in [2.45, 2.75) is 44.1 Å². The Morgan fingerprint density at radius 2 is 1.94 bits per heavy atom. The smallest absolute Gasteiger partial charge is 0.319 e. The summed E-state index contributed by atoms with van der Waals surface area (Å²) in [7, 11) is 4.74. The van der Waals surface area contributed by atoms with Crippen molar-refractivity contribution in [3.8, 4) is 11.5 Å². The summed E-state index contributed by atoms with van der Waals surface area (Å²) in [5.41, 5.74) is 2.29. The Labute approximate surface area is 193 Å². The van der Waals surface area contributed by atoms with Crippen LogP contribution in [0.15, 0.2) is 12.1 Å². The summed E-state index contributed by atoms with van der Waals surface area (Å²) < 4.78 is 21.9. The van der Waals surface area contributed by atoms with E-state index >= 15 is 0 Å². The van der Waals surface area contributed by atoms with Crippen LogP contribution < -0.4 is 9.47 Å². The molecule has 3 aliphatic heterocycles. The number of piperidine rings is 2. The first-order valence-corrected chi connectivity index (χ1v) is 11.7. The molecule has 33 heavy (non-hydrogen) atoms. The Morgan fingerprint density at radius 3 is 2.64 bits per heavy atom. The van der Waals surface area contributed by atoms with Crippen LogP contribution in [-0.4, -0.2) is 68.9 Å². The minimum Gasteiger partial charge on any atom is -0.493 e. The molecular formula is C25H32N2O6. The summed E-state index contributed by atoms with van der Waals surface area (Å²) in [5, 5.41) is 1.06. The molecule has 4 heterocycles. The second-order valence-electron chi connectivity index (χ2n) is 9.58. The van der Waals surface area contributed by atoms with E-state index in [0.29, 0.717) is 24.0 Å². The molecule has 8 heteroatoms. The summed E-state index contributed by atoms with van der Waals surface area (Å²) in [4.78, 5) is 31.1. The van der Waals surface area contributed by atoms with Gasteiger partial charge in [-0.3, -0.25) is 14.5 Å². The maximum atomic E-state index is 13.7. The number of aromatic amines is 1. The average molecular weight is 457 g/mol. The molecular weight excluding hydrogens is 424 g/mol. The molecule has 1 aromatic heterocycles. The Kier molecular flexibility index (Phi) is 5.51. The zero-order valence-corrected chi connectivity index (χ0v) is 19.7. The number of rotatable bonds is 6. The van der Waals surface area contributed by atoms with E-state index in [9.17, 15) is 9.59 Å². The average Bonchev–Trinajstić information content (AvgIpc) is 3.13. The monoisotopic (exact) mass is 456 g/mol. The predicted molar refractivity (Wildman–Crippen MR) is 122 cm³/mol. The normalized spacial score (nSPS) is 29.8. The van der Waals surface area contributed by atoms with Gasteiger partial charge in [0.1, 0.15) is 5.41 Å². The first kappa shape index (κ1) is 22.1. The van der Waals surface area contributed by atoms with Crippen LogP contribution >= 0.6 is 0 Å². The van der Waals surface area contributed by atoms with Crippen LogP contribution in [0.2, 0.25) is 0 Å². The second kappa shape index (κ2) is 8.24. The largest absolute Gasteiger partial charge is 0.493 e. The van der Waals surface area contributed by atoms with Crippen molar-refractivity contribution in [1.29, 1.82) is 0 Å². The lowest BCUT2D eigenvalue weighted by Gasteiger charge is -2.57. The van der Waals surface area contributed by atoms with Crippen LogP contribution in [-0.2, 0) is 30.9 Å². The first-order chi connectivity index (χ1) is 15.9. The van der Waals surface area contributed by atoms with Gasteiger partial charge in [-0.05, 0) is 49.1 Å². The van der Waals surface area contributed by atoms with Gasteiger partial charge in [-0.15, -0.1) is 0 Å². The van der Waals surface area contributed by atoms with E-state index in [2.05, 4.69) is 9.88 Å². The molecule has 0 radical (unpaired) electrons. The van der Waals surface area contributed by atoms with Gasteiger partial charge < -0.3 is 23.9 Å². The number of carbonyl (C=O) groups is 2. The zero-order valence-electron chi connectivity index (χ0n) is 19.7. The molecule has 6 rings (SSSR count). The van der Waals surface area contributed by atoms with Gasteiger partial charge in [-0.25, -0.2) is 0 Å². The van der Waals surface area contributed by atoms with Crippen molar-refractivity contribution in [3.05, 3.63) is 23.4 Å². The molecule has 2 saturated heterocycles. The molecule has 4 unspecified atom stereocenters. The lowest BCUT2D eigenvalue weighted by atomic mass is 9.56. The Hall–Kier alpha value is -2.74. The number of fused-ring (bicyclic) bond motifs is 4. The Balaban J connectivity index is 1.66. The summed E-state index contributed by atoms with van der Waals surface area (Å²) in [6, 6.07) is 3.96. The van der Waals surface area contributed by atoms with Gasteiger partial charge in [0.25, 0.3) is 0 Å². The van der Waals surface area contributed by atoms with E-state index in [1.165, 1.54) is 14.0 Å². The minimum absolute atomic E-state index is 0.00334. The molecule has 2 aromatic rings. The van der Waals surface area contributed by atoms with Gasteiger partial charge >= 0.3 is 11.9 Å². The molecule has 3 fully saturated rings. The molecule has 1 aromatic carbocycles. The van der Waals surface area contributed by atoms with Crippen molar-refractivity contribution < 1.29 is 28.5 Å². The number of carbonyl (C=O) groups excluding carboxylic acids is 2. The molecule has 1 N–H and O–H groups in total. The first-order valence-electron chi connectivity index (χ1n) is 11.7. The third-order valence-corrected chi connectivity index (χ3v) is 7.93. The number of methoxy groups -OCH3 is 3. The van der Waals surface area contributed by atoms with Crippen molar-refractivity contribution in [2.75, 3.05) is 41.0 Å². The second-order valence-corrected chi connectivity index (χ2v) is 9.58. The molecule has 8 nitrogen and oxygen atoms in total. The van der Waals surface area contributed by atoms with Gasteiger partial charge in [-0.2, -0.15) is 0 Å². The quantitative estimate of drug-likeness (QED) is 0.669. The van der Waals surface area contributed by atoms with E-state index in [1.807, 2.05) is 12.1 Å². The highest BCUT2D eigenvalue weighted by Gasteiger charge is 2.63. The van der Waals surface area contributed by atoms with E-state index < -0.39 is 5.41 Å². The van der Waals surface area contributed by atoms with Crippen molar-refractivity contribution >= 4 is 22.8 Å². The highest BCUT2D eigenvalue weighted by Crippen LogP contribution is 2.55. The lowest BCUT2D eigenvalue weighted by molar-refractivity contribution is -0.163. The summed E-state index contributed by atoms with van der Waals surface area (Å²) in [5.74, 6) is 1.51. The topological polar surface area (TPSA) is 90.1 Å². The number of hydrogen-bond donors (Lipinski definition) is 1. The maximum Gasteiger partial charge on any atom is 0.319 e. The third kappa shape index (κ3) is 3.29. The number of nitrogens with one attached hydrogen (secondary N) is 1. The highest BCUT2D eigenvalue weighted by molar-refractivity contribution is 5.93. The van der Waals surface area contributed by atoms with Crippen LogP contribution in [0.3, 0.4) is 0 Å². The van der Waals surface area contributed by atoms with E-state index in [1.54, 1.807) is 14.2 Å². The maximum absolute atomic E-state index is 13.7. The van der Waals surface area contributed by atoms with Crippen LogP contribution in [0.4, 0.5) is 0 Å². The van der Waals surface area contributed by atoms with E-state index in [4.69, 9.17) is 18.9 Å². The number of aromatic nitrogens is 1. The van der Waals surface area contributed by atoms with Crippen LogP contribution in [0.5, 0.6) is 11.5 Å². The standard InChI is InChI=1S/C25H32N2O6/c1-14(28)33-8-6-16-9-15-12-25(24(29)32-4)22-17(5-7-27(13-15)23(16)25)18-10-20(30-2)21(31-3)11-19(18)26-22/h10-11,15-16,23,26H,5-9,12-13H2,1-4H3/t15-,16?,23?,25?/m0/s1. The molecule has 0 amide bonds. The Morgan fingerprint density at radius 1 is 1.18 bits per heavy atom. The lowest BCUT2D eigenvalue weighted by Crippen LogP contribution is -2.67. The molecule has 1 saturated carbocycles. The Bertz CT molecular complexity index is 1090.